The lowest BCUT2D eigenvalue weighted by atomic mass is 10.3. The first kappa shape index (κ1) is 10.5. The monoisotopic (exact) mass is 211 g/mol. The number of nitrogens with one attached hydrogen (secondary N) is 1. The van der Waals surface area contributed by atoms with Crippen LogP contribution in [0.2, 0.25) is 0 Å². The summed E-state index contributed by atoms with van der Waals surface area (Å²) in [5, 5.41) is 2.60. The van der Waals surface area contributed by atoms with Gasteiger partial charge < -0.3 is 10.1 Å². The third-order valence-corrected chi connectivity index (χ3v) is 2.96. The summed E-state index contributed by atoms with van der Waals surface area (Å²) in [6.45, 7) is 1.94. The molecule has 1 N–H and O–H groups in total. The van der Waals surface area contributed by atoms with Gasteiger partial charge in [0.25, 0.3) is 0 Å². The standard InChI is InChI=1S/C11H17NO3/c1-7(8-2-3-8)15-10(13)6-12-11(14)9-4-5-9/h7-9H,2-6H2,1H3,(H,12,14)/t7-/m0/s1. The molecule has 0 bridgehead atoms. The first-order chi connectivity index (χ1) is 7.16. The van der Waals surface area contributed by atoms with Gasteiger partial charge in [0.1, 0.15) is 12.6 Å². The van der Waals surface area contributed by atoms with Gasteiger partial charge in [-0.25, -0.2) is 0 Å². The van der Waals surface area contributed by atoms with E-state index < -0.39 is 0 Å². The van der Waals surface area contributed by atoms with Gasteiger partial charge in [-0.2, -0.15) is 0 Å². The molecule has 15 heavy (non-hydrogen) atoms. The molecule has 2 rings (SSSR count). The van der Waals surface area contributed by atoms with Crippen molar-refractivity contribution < 1.29 is 14.3 Å². The summed E-state index contributed by atoms with van der Waals surface area (Å²) in [5.41, 5.74) is 0. The lowest BCUT2D eigenvalue weighted by Gasteiger charge is -2.12. The zero-order valence-electron chi connectivity index (χ0n) is 8.99. The Morgan fingerprint density at radius 1 is 1.33 bits per heavy atom. The number of hydrogen-bond acceptors (Lipinski definition) is 3. The molecule has 0 aliphatic heterocycles. The highest BCUT2D eigenvalue weighted by atomic mass is 16.5. The molecule has 1 atom stereocenters. The number of rotatable bonds is 5. The minimum atomic E-state index is -0.316. The predicted molar refractivity (Wildman–Crippen MR) is 54.0 cm³/mol. The zero-order chi connectivity index (χ0) is 10.8. The van der Waals surface area contributed by atoms with E-state index in [1.54, 1.807) is 0 Å². The minimum absolute atomic E-state index is 0.00831. The van der Waals surface area contributed by atoms with Crippen LogP contribution in [-0.2, 0) is 14.3 Å². The highest BCUT2D eigenvalue weighted by Gasteiger charge is 2.32. The Labute approximate surface area is 89.4 Å². The third-order valence-electron chi connectivity index (χ3n) is 2.96. The van der Waals surface area contributed by atoms with Gasteiger partial charge in [0.2, 0.25) is 5.91 Å². The number of carbonyl (C=O) groups is 2. The van der Waals surface area contributed by atoms with Crippen LogP contribution in [0.25, 0.3) is 0 Å². The van der Waals surface area contributed by atoms with E-state index in [-0.39, 0.29) is 30.4 Å². The SMILES string of the molecule is C[C@H](OC(=O)CNC(=O)C1CC1)C1CC1. The highest BCUT2D eigenvalue weighted by Crippen LogP contribution is 2.34. The van der Waals surface area contributed by atoms with Crippen LogP contribution >= 0.6 is 0 Å². The molecule has 0 aromatic carbocycles. The molecule has 2 saturated carbocycles. The van der Waals surface area contributed by atoms with Gasteiger partial charge in [0, 0.05) is 5.92 Å². The lowest BCUT2D eigenvalue weighted by molar-refractivity contribution is -0.149. The molecule has 1 amide bonds. The molecule has 2 fully saturated rings. The average Bonchev–Trinajstić information content (AvgIpc) is 3.06. The van der Waals surface area contributed by atoms with E-state index in [2.05, 4.69) is 5.32 Å². The van der Waals surface area contributed by atoms with Crippen LogP contribution in [0.3, 0.4) is 0 Å². The van der Waals surface area contributed by atoms with E-state index >= 15 is 0 Å². The van der Waals surface area contributed by atoms with E-state index in [1.807, 2.05) is 6.92 Å². The van der Waals surface area contributed by atoms with Crippen LogP contribution in [0, 0.1) is 11.8 Å². The summed E-state index contributed by atoms with van der Waals surface area (Å²) < 4.78 is 5.17. The largest absolute Gasteiger partial charge is 0.461 e. The van der Waals surface area contributed by atoms with Crippen LogP contribution in [0.15, 0.2) is 0 Å². The number of amides is 1. The lowest BCUT2D eigenvalue weighted by Crippen LogP contribution is -2.33. The quantitative estimate of drug-likeness (QED) is 0.686. The molecule has 2 aliphatic carbocycles. The van der Waals surface area contributed by atoms with E-state index in [0.717, 1.165) is 25.7 Å². The molecule has 0 radical (unpaired) electrons. The van der Waals surface area contributed by atoms with Crippen molar-refractivity contribution in [1.29, 1.82) is 0 Å². The molecule has 0 aromatic rings. The Morgan fingerprint density at radius 2 is 2.00 bits per heavy atom. The van der Waals surface area contributed by atoms with Gasteiger partial charge in [-0.1, -0.05) is 0 Å². The second kappa shape index (κ2) is 4.21. The average molecular weight is 211 g/mol. The number of hydrogen-bond donors (Lipinski definition) is 1. The Hall–Kier alpha value is -1.06. The first-order valence-corrected chi connectivity index (χ1v) is 5.64. The number of ether oxygens (including phenoxy) is 1. The summed E-state index contributed by atoms with van der Waals surface area (Å²) in [7, 11) is 0. The van der Waals surface area contributed by atoms with Crippen molar-refractivity contribution in [2.45, 2.75) is 38.7 Å². The molecule has 0 unspecified atom stereocenters. The summed E-state index contributed by atoms with van der Waals surface area (Å²) in [6.07, 6.45) is 4.24. The maximum atomic E-state index is 11.3. The molecule has 4 heteroatoms. The van der Waals surface area contributed by atoms with Crippen molar-refractivity contribution in [2.24, 2.45) is 11.8 Å². The summed E-state index contributed by atoms with van der Waals surface area (Å²) >= 11 is 0. The van der Waals surface area contributed by atoms with Crippen molar-refractivity contribution in [3.8, 4) is 0 Å². The van der Waals surface area contributed by atoms with Crippen molar-refractivity contribution in [1.82, 2.24) is 5.32 Å². The van der Waals surface area contributed by atoms with Gasteiger partial charge in [-0.3, -0.25) is 9.59 Å². The Kier molecular flexibility index (Phi) is 2.93. The van der Waals surface area contributed by atoms with Crippen molar-refractivity contribution in [3.05, 3.63) is 0 Å². The normalized spacial score (nSPS) is 21.9. The Balaban J connectivity index is 1.60. The molecular formula is C11H17NO3. The molecule has 0 aromatic heterocycles. The topological polar surface area (TPSA) is 55.4 Å². The van der Waals surface area contributed by atoms with Gasteiger partial charge in [-0.15, -0.1) is 0 Å². The van der Waals surface area contributed by atoms with Crippen LogP contribution < -0.4 is 5.32 Å². The van der Waals surface area contributed by atoms with E-state index in [9.17, 15) is 9.59 Å². The third kappa shape index (κ3) is 3.22. The second-order valence-corrected chi connectivity index (χ2v) is 4.52. The molecule has 0 spiro atoms. The summed E-state index contributed by atoms with van der Waals surface area (Å²) in [4.78, 5) is 22.5. The van der Waals surface area contributed by atoms with Gasteiger partial charge in [0.05, 0.1) is 0 Å². The molecule has 0 heterocycles. The van der Waals surface area contributed by atoms with E-state index in [1.165, 1.54) is 0 Å². The van der Waals surface area contributed by atoms with Gasteiger partial charge >= 0.3 is 5.97 Å². The van der Waals surface area contributed by atoms with Crippen LogP contribution in [0.5, 0.6) is 0 Å². The van der Waals surface area contributed by atoms with Crippen molar-refractivity contribution >= 4 is 11.9 Å². The smallest absolute Gasteiger partial charge is 0.325 e. The van der Waals surface area contributed by atoms with Crippen molar-refractivity contribution in [3.63, 3.8) is 0 Å². The van der Waals surface area contributed by atoms with Gasteiger partial charge in [0.15, 0.2) is 0 Å². The Morgan fingerprint density at radius 3 is 2.53 bits per heavy atom. The predicted octanol–water partition coefficient (Wildman–Crippen LogP) is 0.854. The molecule has 84 valence electrons. The summed E-state index contributed by atoms with van der Waals surface area (Å²) in [5.74, 6) is 0.376. The van der Waals surface area contributed by atoms with Crippen molar-refractivity contribution in [2.75, 3.05) is 6.54 Å². The molecular weight excluding hydrogens is 194 g/mol. The van der Waals surface area contributed by atoms with Crippen LogP contribution in [-0.4, -0.2) is 24.5 Å². The fourth-order valence-electron chi connectivity index (χ4n) is 1.56. The molecule has 2 aliphatic rings. The maximum Gasteiger partial charge on any atom is 0.325 e. The van der Waals surface area contributed by atoms with Gasteiger partial charge in [-0.05, 0) is 38.5 Å². The first-order valence-electron chi connectivity index (χ1n) is 5.64. The van der Waals surface area contributed by atoms with E-state index in [0.29, 0.717) is 5.92 Å². The second-order valence-electron chi connectivity index (χ2n) is 4.52. The molecule has 4 nitrogen and oxygen atoms in total. The fourth-order valence-corrected chi connectivity index (χ4v) is 1.56. The number of esters is 1. The van der Waals surface area contributed by atoms with Crippen LogP contribution in [0.4, 0.5) is 0 Å². The molecule has 0 saturated heterocycles. The Bertz CT molecular complexity index is 269. The highest BCUT2D eigenvalue weighted by molar-refractivity contribution is 5.84. The number of carbonyl (C=O) groups excluding carboxylic acids is 2. The zero-order valence-corrected chi connectivity index (χ0v) is 8.99. The maximum absolute atomic E-state index is 11.3. The minimum Gasteiger partial charge on any atom is -0.461 e. The summed E-state index contributed by atoms with van der Waals surface area (Å²) in [6, 6.07) is 0. The fraction of sp³-hybridized carbons (Fsp3) is 0.818. The van der Waals surface area contributed by atoms with E-state index in [4.69, 9.17) is 4.74 Å². The van der Waals surface area contributed by atoms with Crippen LogP contribution in [0.1, 0.15) is 32.6 Å².